The molecule has 4 N–H and O–H groups in total. The molecule has 3 atom stereocenters. The van der Waals surface area contributed by atoms with Gasteiger partial charge in [0.15, 0.2) is 0 Å². The lowest BCUT2D eigenvalue weighted by molar-refractivity contribution is -0.179. The Morgan fingerprint density at radius 3 is 2.05 bits per heavy atom. The molecule has 2 rings (SSSR count). The molecule has 0 spiro atoms. The smallest absolute Gasteiger partial charge is 0.452 e. The molecule has 0 saturated carbocycles. The number of hydrogen-bond donors (Lipinski definition) is 4. The van der Waals surface area contributed by atoms with Crippen molar-refractivity contribution in [3.8, 4) is 0 Å². The van der Waals surface area contributed by atoms with Crippen molar-refractivity contribution in [2.24, 2.45) is 5.92 Å². The van der Waals surface area contributed by atoms with Crippen LogP contribution in [0.2, 0.25) is 0 Å². The van der Waals surface area contributed by atoms with Gasteiger partial charge in [-0.1, -0.05) is 13.8 Å². The number of carboxylic acids is 1. The quantitative estimate of drug-likeness (QED) is 0.317. The fraction of sp³-hybridized carbons (Fsp3) is 0.520. The summed E-state index contributed by atoms with van der Waals surface area (Å²) in [5.74, 6) is -7.56. The summed E-state index contributed by atoms with van der Waals surface area (Å²) in [6.07, 6.45) is -4.75. The summed E-state index contributed by atoms with van der Waals surface area (Å²) in [5.41, 5.74) is 0.138. The first kappa shape index (κ1) is 31.4. The Morgan fingerprint density at radius 1 is 1.03 bits per heavy atom. The predicted molar refractivity (Wildman–Crippen MR) is 131 cm³/mol. The van der Waals surface area contributed by atoms with Crippen LogP contribution in [0.15, 0.2) is 24.3 Å². The number of ketones is 1. The Hall–Kier alpha value is -3.81. The average molecular weight is 557 g/mol. The summed E-state index contributed by atoms with van der Waals surface area (Å²) in [4.78, 5) is 74.4. The van der Waals surface area contributed by atoms with E-state index in [4.69, 9.17) is 5.11 Å². The Kier molecular flexibility index (Phi) is 10.7. The standard InChI is InChI=1S/C25H31F3N4O7/c1-13(2)19(31-22(37)16-8-6-15(7-9-16)21(36)30-12-10-18(33)34)24(39)32(14(3)20(35)25(26,27)28)23(38)17-5-4-11-29-17/h6-9,13-14,17,19,29H,4-5,10-12H2,1-3H3,(H,30,36)(H,31,37)(H,33,34)/t14?,17-,19-/m0/s1. The first-order valence-electron chi connectivity index (χ1n) is 12.3. The maximum absolute atomic E-state index is 13.5. The molecule has 1 saturated heterocycles. The number of alkyl halides is 3. The monoisotopic (exact) mass is 556 g/mol. The average Bonchev–Trinajstić information content (AvgIpc) is 3.40. The van der Waals surface area contributed by atoms with Gasteiger partial charge < -0.3 is 21.1 Å². The van der Waals surface area contributed by atoms with Gasteiger partial charge in [0.2, 0.25) is 5.91 Å². The van der Waals surface area contributed by atoms with Gasteiger partial charge >= 0.3 is 12.1 Å². The zero-order chi connectivity index (χ0) is 29.5. The highest BCUT2D eigenvalue weighted by atomic mass is 19.4. The lowest BCUT2D eigenvalue weighted by atomic mass is 9.99. The maximum atomic E-state index is 13.5. The number of carboxylic acid groups (broad SMARTS) is 1. The molecule has 1 aliphatic rings. The first-order valence-corrected chi connectivity index (χ1v) is 12.3. The van der Waals surface area contributed by atoms with E-state index < -0.39 is 65.6 Å². The van der Waals surface area contributed by atoms with Gasteiger partial charge in [0.25, 0.3) is 23.5 Å². The van der Waals surface area contributed by atoms with Crippen LogP contribution < -0.4 is 16.0 Å². The molecule has 1 unspecified atom stereocenters. The number of imide groups is 1. The van der Waals surface area contributed by atoms with Crippen molar-refractivity contribution in [3.63, 3.8) is 0 Å². The highest BCUT2D eigenvalue weighted by molar-refractivity contribution is 6.07. The third kappa shape index (κ3) is 8.34. The third-order valence-corrected chi connectivity index (χ3v) is 6.13. The number of Topliss-reactive ketones (excluding diaryl/α,β-unsaturated/α-hetero) is 1. The van der Waals surface area contributed by atoms with Gasteiger partial charge in [-0.3, -0.25) is 33.7 Å². The van der Waals surface area contributed by atoms with E-state index in [1.807, 2.05) is 0 Å². The molecule has 1 fully saturated rings. The highest BCUT2D eigenvalue weighted by Crippen LogP contribution is 2.23. The molecule has 1 heterocycles. The number of aliphatic carboxylic acids is 1. The number of halogens is 3. The van der Waals surface area contributed by atoms with Crippen LogP contribution in [-0.4, -0.2) is 82.8 Å². The van der Waals surface area contributed by atoms with Crippen LogP contribution in [0.1, 0.15) is 60.7 Å². The van der Waals surface area contributed by atoms with Gasteiger partial charge in [-0.2, -0.15) is 13.2 Å². The first-order chi connectivity index (χ1) is 18.1. The maximum Gasteiger partial charge on any atom is 0.452 e. The summed E-state index contributed by atoms with van der Waals surface area (Å²) in [6, 6.07) is 0.575. The molecule has 14 heteroatoms. The molecular weight excluding hydrogens is 525 g/mol. The van der Waals surface area contributed by atoms with Crippen molar-refractivity contribution in [2.75, 3.05) is 13.1 Å². The van der Waals surface area contributed by atoms with Gasteiger partial charge in [0, 0.05) is 17.7 Å². The van der Waals surface area contributed by atoms with E-state index in [9.17, 15) is 41.9 Å². The van der Waals surface area contributed by atoms with Gasteiger partial charge in [0.05, 0.1) is 12.5 Å². The zero-order valence-corrected chi connectivity index (χ0v) is 21.6. The van der Waals surface area contributed by atoms with Crippen LogP contribution >= 0.6 is 0 Å². The summed E-state index contributed by atoms with van der Waals surface area (Å²) in [6.45, 7) is 4.16. The zero-order valence-electron chi connectivity index (χ0n) is 21.6. The summed E-state index contributed by atoms with van der Waals surface area (Å²) in [5, 5.41) is 16.3. The van der Waals surface area contributed by atoms with Gasteiger partial charge in [0.1, 0.15) is 12.1 Å². The van der Waals surface area contributed by atoms with Crippen molar-refractivity contribution in [1.29, 1.82) is 0 Å². The van der Waals surface area contributed by atoms with Gasteiger partial charge in [-0.15, -0.1) is 0 Å². The van der Waals surface area contributed by atoms with Crippen molar-refractivity contribution in [2.45, 2.75) is 64.3 Å². The molecule has 0 aliphatic carbocycles. The number of carbonyl (C=O) groups excluding carboxylic acids is 5. The number of nitrogens with one attached hydrogen (secondary N) is 3. The molecule has 0 aromatic heterocycles. The summed E-state index contributed by atoms with van der Waals surface area (Å²) < 4.78 is 39.6. The van der Waals surface area contributed by atoms with E-state index in [0.29, 0.717) is 13.0 Å². The number of hydrogen-bond acceptors (Lipinski definition) is 7. The van der Waals surface area contributed by atoms with E-state index in [-0.39, 0.29) is 35.4 Å². The molecule has 4 amide bonds. The largest absolute Gasteiger partial charge is 0.481 e. The lowest BCUT2D eigenvalue weighted by Crippen LogP contribution is -2.61. The second-order valence-corrected chi connectivity index (χ2v) is 9.41. The van der Waals surface area contributed by atoms with E-state index in [1.54, 1.807) is 0 Å². The number of amides is 4. The van der Waals surface area contributed by atoms with Crippen molar-refractivity contribution >= 4 is 35.4 Å². The normalized spacial score (nSPS) is 16.7. The predicted octanol–water partition coefficient (Wildman–Crippen LogP) is 1.27. The third-order valence-electron chi connectivity index (χ3n) is 6.13. The van der Waals surface area contributed by atoms with Gasteiger partial charge in [-0.05, 0) is 56.5 Å². The van der Waals surface area contributed by atoms with E-state index in [1.165, 1.54) is 38.1 Å². The number of benzene rings is 1. The molecular formula is C25H31F3N4O7. The summed E-state index contributed by atoms with van der Waals surface area (Å²) >= 11 is 0. The van der Waals surface area contributed by atoms with Crippen molar-refractivity contribution < 1.29 is 47.0 Å². The van der Waals surface area contributed by atoms with Crippen molar-refractivity contribution in [1.82, 2.24) is 20.9 Å². The highest BCUT2D eigenvalue weighted by Gasteiger charge is 2.48. The SMILES string of the molecule is CC(C)[C@H](NC(=O)c1ccc(C(=O)NCCC(=O)O)cc1)C(=O)N(C(=O)[C@@H]1CCCN1)C(C)C(=O)C(F)(F)F. The second-order valence-electron chi connectivity index (χ2n) is 9.41. The van der Waals surface area contributed by atoms with Crippen LogP contribution in [0.25, 0.3) is 0 Å². The molecule has 214 valence electrons. The topological polar surface area (TPSA) is 162 Å². The second kappa shape index (κ2) is 13.3. The molecule has 39 heavy (non-hydrogen) atoms. The minimum atomic E-state index is -5.29. The Labute approximate surface area is 222 Å². The van der Waals surface area contributed by atoms with E-state index in [0.717, 1.165) is 6.92 Å². The molecule has 0 radical (unpaired) electrons. The van der Waals surface area contributed by atoms with Crippen LogP contribution in [0, 0.1) is 5.92 Å². The number of rotatable bonds is 11. The minimum Gasteiger partial charge on any atom is -0.481 e. The lowest BCUT2D eigenvalue weighted by Gasteiger charge is -2.33. The Bertz CT molecular complexity index is 1100. The Balaban J connectivity index is 2.25. The minimum absolute atomic E-state index is 0.00490. The summed E-state index contributed by atoms with van der Waals surface area (Å²) in [7, 11) is 0. The number of carbonyl (C=O) groups is 6. The van der Waals surface area contributed by atoms with Crippen LogP contribution in [0.3, 0.4) is 0 Å². The van der Waals surface area contributed by atoms with Crippen LogP contribution in [-0.2, 0) is 19.2 Å². The van der Waals surface area contributed by atoms with E-state index >= 15 is 0 Å². The molecule has 1 aromatic carbocycles. The number of nitrogens with zero attached hydrogens (tertiary/aromatic N) is 1. The Morgan fingerprint density at radius 2 is 1.59 bits per heavy atom. The van der Waals surface area contributed by atoms with Crippen LogP contribution in [0.5, 0.6) is 0 Å². The van der Waals surface area contributed by atoms with Crippen LogP contribution in [0.4, 0.5) is 13.2 Å². The fourth-order valence-electron chi connectivity index (χ4n) is 3.95. The molecule has 1 aliphatic heterocycles. The molecule has 11 nitrogen and oxygen atoms in total. The fourth-order valence-corrected chi connectivity index (χ4v) is 3.95. The van der Waals surface area contributed by atoms with E-state index in [2.05, 4.69) is 16.0 Å². The molecule has 0 bridgehead atoms. The van der Waals surface area contributed by atoms with Gasteiger partial charge in [-0.25, -0.2) is 0 Å². The molecule has 1 aromatic rings. The van der Waals surface area contributed by atoms with Crippen molar-refractivity contribution in [3.05, 3.63) is 35.4 Å².